The average molecular weight is 437 g/mol. The largest absolute Gasteiger partial charge is 0.304 e. The minimum Gasteiger partial charge on any atom is -0.304 e. The number of fused-ring (bicyclic) bond motifs is 1. The van der Waals surface area contributed by atoms with Crippen LogP contribution in [-0.4, -0.2) is 15.7 Å². The van der Waals surface area contributed by atoms with E-state index in [1.54, 1.807) is 29.1 Å². The molecule has 27 heavy (non-hydrogen) atoms. The minimum absolute atomic E-state index is 0.277. The van der Waals surface area contributed by atoms with Crippen molar-refractivity contribution in [1.29, 1.82) is 0 Å². The molecule has 0 radical (unpaired) electrons. The molecule has 2 heterocycles. The first-order valence-corrected chi connectivity index (χ1v) is 9.92. The molecule has 0 bridgehead atoms. The average Bonchev–Trinajstić information content (AvgIpc) is 3.23. The highest BCUT2D eigenvalue weighted by atomic mass is 35.5. The van der Waals surface area contributed by atoms with Gasteiger partial charge in [0, 0.05) is 22.3 Å². The summed E-state index contributed by atoms with van der Waals surface area (Å²) in [4.78, 5) is 13.1. The Labute approximate surface area is 174 Å². The van der Waals surface area contributed by atoms with E-state index >= 15 is 0 Å². The molecule has 0 fully saturated rings. The molecule has 8 heteroatoms. The van der Waals surface area contributed by atoms with Crippen molar-refractivity contribution in [1.82, 2.24) is 9.78 Å². The lowest BCUT2D eigenvalue weighted by Gasteiger charge is -2.04. The van der Waals surface area contributed by atoms with Crippen LogP contribution in [0.25, 0.3) is 10.1 Å². The van der Waals surface area contributed by atoms with Crippen LogP contribution in [0.3, 0.4) is 0 Å². The van der Waals surface area contributed by atoms with Gasteiger partial charge in [0.05, 0.1) is 21.6 Å². The van der Waals surface area contributed by atoms with E-state index in [4.69, 9.17) is 34.8 Å². The third kappa shape index (κ3) is 3.82. The van der Waals surface area contributed by atoms with Gasteiger partial charge in [0.25, 0.3) is 5.91 Å². The lowest BCUT2D eigenvalue weighted by molar-refractivity contribution is 0.103. The van der Waals surface area contributed by atoms with Gasteiger partial charge in [-0.1, -0.05) is 59.1 Å². The summed E-state index contributed by atoms with van der Waals surface area (Å²) in [6.45, 7) is 0.510. The van der Waals surface area contributed by atoms with Crippen LogP contribution in [-0.2, 0) is 6.54 Å². The monoisotopic (exact) mass is 435 g/mol. The smallest absolute Gasteiger partial charge is 0.268 e. The predicted octanol–water partition coefficient (Wildman–Crippen LogP) is 6.36. The molecule has 1 amide bonds. The number of amides is 1. The summed E-state index contributed by atoms with van der Waals surface area (Å²) >= 11 is 19.7. The Morgan fingerprint density at radius 1 is 1.07 bits per heavy atom. The Balaban J connectivity index is 1.50. The van der Waals surface area contributed by atoms with Crippen LogP contribution in [0.2, 0.25) is 15.1 Å². The van der Waals surface area contributed by atoms with E-state index in [0.717, 1.165) is 15.6 Å². The molecule has 0 saturated carbocycles. The van der Waals surface area contributed by atoms with Crippen molar-refractivity contribution >= 4 is 68.0 Å². The Morgan fingerprint density at radius 2 is 1.89 bits per heavy atom. The highest BCUT2D eigenvalue weighted by Gasteiger charge is 2.17. The van der Waals surface area contributed by atoms with E-state index in [2.05, 4.69) is 10.4 Å². The van der Waals surface area contributed by atoms with E-state index in [-0.39, 0.29) is 5.91 Å². The summed E-state index contributed by atoms with van der Waals surface area (Å²) in [6.07, 6.45) is 1.78. The van der Waals surface area contributed by atoms with E-state index in [1.807, 2.05) is 30.3 Å². The third-order valence-corrected chi connectivity index (χ3v) is 6.37. The first kappa shape index (κ1) is 18.3. The second-order valence-corrected chi connectivity index (χ2v) is 8.09. The molecule has 2 aromatic heterocycles. The van der Waals surface area contributed by atoms with Crippen molar-refractivity contribution in [2.45, 2.75) is 6.54 Å². The fourth-order valence-electron chi connectivity index (χ4n) is 2.67. The highest BCUT2D eigenvalue weighted by molar-refractivity contribution is 7.21. The van der Waals surface area contributed by atoms with Gasteiger partial charge in [0.15, 0.2) is 5.82 Å². The molecule has 4 rings (SSSR count). The summed E-state index contributed by atoms with van der Waals surface area (Å²) in [5.41, 5.74) is 0.956. The summed E-state index contributed by atoms with van der Waals surface area (Å²) in [5.74, 6) is 0.176. The van der Waals surface area contributed by atoms with Crippen molar-refractivity contribution in [3.8, 4) is 0 Å². The molecule has 0 aliphatic rings. The standard InChI is InChI=1S/C19H12Cl3N3OS/c20-13-6-5-11(9-14(13)21)10-25-8-7-16(24-25)23-19(26)18-17(22)12-3-1-2-4-15(12)27-18/h1-9H,10H2,(H,23,24,26). The van der Waals surface area contributed by atoms with Crippen molar-refractivity contribution in [3.05, 3.63) is 80.2 Å². The van der Waals surface area contributed by atoms with Gasteiger partial charge >= 0.3 is 0 Å². The van der Waals surface area contributed by atoms with Crippen LogP contribution < -0.4 is 5.32 Å². The summed E-state index contributed by atoms with van der Waals surface area (Å²) in [6, 6.07) is 14.8. The summed E-state index contributed by atoms with van der Waals surface area (Å²) in [7, 11) is 0. The quantitative estimate of drug-likeness (QED) is 0.404. The second kappa shape index (κ2) is 7.52. The van der Waals surface area contributed by atoms with Gasteiger partial charge in [-0.05, 0) is 23.8 Å². The van der Waals surface area contributed by atoms with Crippen molar-refractivity contribution in [3.63, 3.8) is 0 Å². The molecule has 1 N–H and O–H groups in total. The Bertz CT molecular complexity index is 1150. The Hall–Kier alpha value is -2.05. The fraction of sp³-hybridized carbons (Fsp3) is 0.0526. The summed E-state index contributed by atoms with van der Waals surface area (Å²) < 4.78 is 2.68. The normalized spacial score (nSPS) is 11.1. The lowest BCUT2D eigenvalue weighted by atomic mass is 10.2. The zero-order valence-electron chi connectivity index (χ0n) is 13.7. The number of hydrogen-bond acceptors (Lipinski definition) is 3. The number of nitrogens with zero attached hydrogens (tertiary/aromatic N) is 2. The number of hydrogen-bond donors (Lipinski definition) is 1. The predicted molar refractivity (Wildman–Crippen MR) is 113 cm³/mol. The van der Waals surface area contributed by atoms with Gasteiger partial charge in [-0.3, -0.25) is 9.48 Å². The van der Waals surface area contributed by atoms with Crippen LogP contribution in [0.5, 0.6) is 0 Å². The van der Waals surface area contributed by atoms with Crippen molar-refractivity contribution < 1.29 is 4.79 Å². The van der Waals surface area contributed by atoms with Crippen molar-refractivity contribution in [2.24, 2.45) is 0 Å². The number of carbonyl (C=O) groups is 1. The van der Waals surface area contributed by atoms with Crippen LogP contribution in [0.15, 0.2) is 54.7 Å². The maximum Gasteiger partial charge on any atom is 0.268 e. The molecule has 0 unspecified atom stereocenters. The number of halogens is 3. The van der Waals surface area contributed by atoms with E-state index in [9.17, 15) is 4.79 Å². The number of anilines is 1. The number of thiophene rings is 1. The zero-order valence-corrected chi connectivity index (χ0v) is 16.8. The molecule has 0 spiro atoms. The minimum atomic E-state index is -0.277. The van der Waals surface area contributed by atoms with Crippen LogP contribution in [0.4, 0.5) is 5.82 Å². The molecule has 0 atom stereocenters. The van der Waals surface area contributed by atoms with Gasteiger partial charge in [-0.25, -0.2) is 0 Å². The molecule has 4 nitrogen and oxygen atoms in total. The SMILES string of the molecule is O=C(Nc1ccn(Cc2ccc(Cl)c(Cl)c2)n1)c1sc2ccccc2c1Cl. The highest BCUT2D eigenvalue weighted by Crippen LogP contribution is 2.35. The summed E-state index contributed by atoms with van der Waals surface area (Å²) in [5, 5.41) is 9.51. The Kier molecular flexibility index (Phi) is 5.10. The van der Waals surface area contributed by atoms with Gasteiger partial charge in [-0.2, -0.15) is 5.10 Å². The van der Waals surface area contributed by atoms with Crippen LogP contribution in [0.1, 0.15) is 15.2 Å². The number of benzene rings is 2. The lowest BCUT2D eigenvalue weighted by Crippen LogP contribution is -2.11. The van der Waals surface area contributed by atoms with E-state index < -0.39 is 0 Å². The van der Waals surface area contributed by atoms with Crippen molar-refractivity contribution in [2.75, 3.05) is 5.32 Å². The molecular formula is C19H12Cl3N3OS. The first-order chi connectivity index (χ1) is 13.0. The first-order valence-electron chi connectivity index (χ1n) is 7.97. The molecule has 0 aliphatic heterocycles. The molecule has 0 aliphatic carbocycles. The maximum absolute atomic E-state index is 12.6. The number of nitrogens with one attached hydrogen (secondary N) is 1. The number of aromatic nitrogens is 2. The second-order valence-electron chi connectivity index (χ2n) is 5.84. The fourth-order valence-corrected chi connectivity index (χ4v) is 4.41. The number of carbonyl (C=O) groups excluding carboxylic acids is 1. The van der Waals surface area contributed by atoms with Gasteiger partial charge in [0.2, 0.25) is 0 Å². The maximum atomic E-state index is 12.6. The van der Waals surface area contributed by atoms with Crippen LogP contribution in [0, 0.1) is 0 Å². The zero-order chi connectivity index (χ0) is 19.0. The van der Waals surface area contributed by atoms with Gasteiger partial charge < -0.3 is 5.32 Å². The Morgan fingerprint density at radius 3 is 2.67 bits per heavy atom. The molecule has 136 valence electrons. The third-order valence-electron chi connectivity index (χ3n) is 3.95. The topological polar surface area (TPSA) is 46.9 Å². The van der Waals surface area contributed by atoms with Crippen LogP contribution >= 0.6 is 46.1 Å². The van der Waals surface area contributed by atoms with Gasteiger partial charge in [-0.15, -0.1) is 11.3 Å². The van der Waals surface area contributed by atoms with Gasteiger partial charge in [0.1, 0.15) is 4.88 Å². The van der Waals surface area contributed by atoms with E-state index in [0.29, 0.717) is 32.3 Å². The number of rotatable bonds is 4. The molecule has 2 aromatic carbocycles. The van der Waals surface area contributed by atoms with E-state index in [1.165, 1.54) is 11.3 Å². The molecular weight excluding hydrogens is 425 g/mol. The molecule has 0 saturated heterocycles. The molecule has 4 aromatic rings.